The van der Waals surface area contributed by atoms with Gasteiger partial charge in [0.15, 0.2) is 11.6 Å². The van der Waals surface area contributed by atoms with Gasteiger partial charge in [0.25, 0.3) is 0 Å². The molecule has 2 aromatic rings. The third kappa shape index (κ3) is 2.58. The first kappa shape index (κ1) is 11.5. The van der Waals surface area contributed by atoms with Crippen LogP contribution in [0.2, 0.25) is 0 Å². The van der Waals surface area contributed by atoms with E-state index in [2.05, 4.69) is 4.98 Å². The lowest BCUT2D eigenvalue weighted by Crippen LogP contribution is -2.00. The number of nitrogen functional groups attached to an aromatic ring is 1. The number of rotatable bonds is 3. The monoisotopic (exact) mass is 234 g/mol. The van der Waals surface area contributed by atoms with Crippen LogP contribution in [0.3, 0.4) is 0 Å². The van der Waals surface area contributed by atoms with Crippen LogP contribution in [-0.4, -0.2) is 4.98 Å². The highest BCUT2D eigenvalue weighted by Crippen LogP contribution is 2.16. The molecule has 4 heteroatoms. The number of halogens is 2. The average Bonchev–Trinajstić information content (AvgIpc) is 2.33. The zero-order valence-corrected chi connectivity index (χ0v) is 9.16. The molecular formula is C13H12F2N2. The molecule has 0 saturated carbocycles. The van der Waals surface area contributed by atoms with Gasteiger partial charge >= 0.3 is 0 Å². The number of hydrogen-bond donors (Lipinski definition) is 1. The average molecular weight is 234 g/mol. The van der Waals surface area contributed by atoms with Gasteiger partial charge in [-0.3, -0.25) is 4.98 Å². The van der Waals surface area contributed by atoms with E-state index >= 15 is 0 Å². The van der Waals surface area contributed by atoms with Gasteiger partial charge in [0, 0.05) is 18.1 Å². The highest BCUT2D eigenvalue weighted by Gasteiger charge is 2.08. The Morgan fingerprint density at radius 2 is 1.82 bits per heavy atom. The Morgan fingerprint density at radius 3 is 2.59 bits per heavy atom. The van der Waals surface area contributed by atoms with Gasteiger partial charge < -0.3 is 5.73 Å². The van der Waals surface area contributed by atoms with Crippen LogP contribution in [0, 0.1) is 11.6 Å². The molecule has 2 nitrogen and oxygen atoms in total. The minimum absolute atomic E-state index is 0.355. The first-order valence-corrected chi connectivity index (χ1v) is 5.29. The Balaban J connectivity index is 2.13. The standard InChI is InChI=1S/C13H12F2N2/c14-11-3-1-2-9(13(11)15)4-5-10-8-17-7-6-12(10)16/h1-3,6-8H,4-5H2,(H2,16,17). The van der Waals surface area contributed by atoms with Crippen molar-refractivity contribution >= 4 is 5.69 Å². The van der Waals surface area contributed by atoms with Crippen LogP contribution in [-0.2, 0) is 12.8 Å². The number of aromatic nitrogens is 1. The van der Waals surface area contributed by atoms with Crippen LogP contribution in [0.15, 0.2) is 36.7 Å². The van der Waals surface area contributed by atoms with E-state index in [1.54, 1.807) is 24.5 Å². The summed E-state index contributed by atoms with van der Waals surface area (Å²) in [5.41, 5.74) is 7.57. The fourth-order valence-electron chi connectivity index (χ4n) is 1.66. The molecule has 1 aromatic carbocycles. The molecule has 0 aliphatic carbocycles. The Kier molecular flexibility index (Phi) is 3.32. The minimum Gasteiger partial charge on any atom is -0.398 e. The molecule has 0 saturated heterocycles. The summed E-state index contributed by atoms with van der Waals surface area (Å²) in [5.74, 6) is -1.60. The maximum absolute atomic E-state index is 13.4. The summed E-state index contributed by atoms with van der Waals surface area (Å²) in [5, 5.41) is 0. The van der Waals surface area contributed by atoms with Crippen molar-refractivity contribution in [2.24, 2.45) is 0 Å². The van der Waals surface area contributed by atoms with Crippen molar-refractivity contribution in [3.63, 3.8) is 0 Å². The van der Waals surface area contributed by atoms with Crippen molar-refractivity contribution in [2.45, 2.75) is 12.8 Å². The van der Waals surface area contributed by atoms with Crippen molar-refractivity contribution in [1.29, 1.82) is 0 Å². The second-order valence-electron chi connectivity index (χ2n) is 3.79. The smallest absolute Gasteiger partial charge is 0.162 e. The predicted molar refractivity (Wildman–Crippen MR) is 62.4 cm³/mol. The van der Waals surface area contributed by atoms with Gasteiger partial charge in [-0.2, -0.15) is 0 Å². The lowest BCUT2D eigenvalue weighted by atomic mass is 10.0. The summed E-state index contributed by atoms with van der Waals surface area (Å²) in [6, 6.07) is 5.87. The Bertz CT molecular complexity index is 527. The van der Waals surface area contributed by atoms with E-state index in [0.717, 1.165) is 11.6 Å². The molecule has 88 valence electrons. The Hall–Kier alpha value is -1.97. The number of hydrogen-bond acceptors (Lipinski definition) is 2. The van der Waals surface area contributed by atoms with E-state index in [9.17, 15) is 8.78 Å². The van der Waals surface area contributed by atoms with Crippen molar-refractivity contribution in [3.05, 3.63) is 59.4 Å². The van der Waals surface area contributed by atoms with E-state index in [0.29, 0.717) is 24.1 Å². The summed E-state index contributed by atoms with van der Waals surface area (Å²) in [4.78, 5) is 3.95. The van der Waals surface area contributed by atoms with Gasteiger partial charge in [0.1, 0.15) is 0 Å². The third-order valence-corrected chi connectivity index (χ3v) is 2.64. The highest BCUT2D eigenvalue weighted by molar-refractivity contribution is 5.44. The van der Waals surface area contributed by atoms with Crippen LogP contribution < -0.4 is 5.73 Å². The molecule has 0 spiro atoms. The van der Waals surface area contributed by atoms with E-state index in [1.165, 1.54) is 6.07 Å². The lowest BCUT2D eigenvalue weighted by Gasteiger charge is -2.06. The summed E-state index contributed by atoms with van der Waals surface area (Å²) in [7, 11) is 0. The number of nitrogens with two attached hydrogens (primary N) is 1. The summed E-state index contributed by atoms with van der Waals surface area (Å²) >= 11 is 0. The van der Waals surface area contributed by atoms with Gasteiger partial charge in [-0.05, 0) is 36.1 Å². The van der Waals surface area contributed by atoms with Crippen LogP contribution in [0.4, 0.5) is 14.5 Å². The zero-order valence-electron chi connectivity index (χ0n) is 9.16. The summed E-state index contributed by atoms with van der Waals surface area (Å²) in [6.45, 7) is 0. The van der Waals surface area contributed by atoms with Crippen molar-refractivity contribution in [1.82, 2.24) is 4.98 Å². The molecule has 1 heterocycles. The zero-order chi connectivity index (χ0) is 12.3. The summed E-state index contributed by atoms with van der Waals surface area (Å²) < 4.78 is 26.4. The summed E-state index contributed by atoms with van der Waals surface area (Å²) in [6.07, 6.45) is 4.19. The van der Waals surface area contributed by atoms with Crippen molar-refractivity contribution < 1.29 is 8.78 Å². The number of nitrogens with zero attached hydrogens (tertiary/aromatic N) is 1. The maximum Gasteiger partial charge on any atom is 0.162 e. The first-order valence-electron chi connectivity index (χ1n) is 5.29. The molecule has 17 heavy (non-hydrogen) atoms. The van der Waals surface area contributed by atoms with Crippen LogP contribution in [0.1, 0.15) is 11.1 Å². The lowest BCUT2D eigenvalue weighted by molar-refractivity contribution is 0.498. The minimum atomic E-state index is -0.818. The molecule has 0 radical (unpaired) electrons. The number of aryl methyl sites for hydroxylation is 2. The predicted octanol–water partition coefficient (Wildman–Crippen LogP) is 2.73. The van der Waals surface area contributed by atoms with E-state index in [1.807, 2.05) is 0 Å². The molecule has 2 N–H and O–H groups in total. The fourth-order valence-corrected chi connectivity index (χ4v) is 1.66. The van der Waals surface area contributed by atoms with Gasteiger partial charge in [-0.1, -0.05) is 12.1 Å². The van der Waals surface area contributed by atoms with E-state index in [4.69, 9.17) is 5.73 Å². The van der Waals surface area contributed by atoms with Crippen LogP contribution >= 0.6 is 0 Å². The molecule has 1 aromatic heterocycles. The van der Waals surface area contributed by atoms with E-state index < -0.39 is 11.6 Å². The molecule has 2 rings (SSSR count). The second-order valence-corrected chi connectivity index (χ2v) is 3.79. The molecule has 0 atom stereocenters. The number of benzene rings is 1. The van der Waals surface area contributed by atoms with Crippen LogP contribution in [0.5, 0.6) is 0 Å². The van der Waals surface area contributed by atoms with Gasteiger partial charge in [-0.15, -0.1) is 0 Å². The van der Waals surface area contributed by atoms with Crippen LogP contribution in [0.25, 0.3) is 0 Å². The molecule has 0 unspecified atom stereocenters. The molecule has 0 bridgehead atoms. The number of pyridine rings is 1. The van der Waals surface area contributed by atoms with Gasteiger partial charge in [0.2, 0.25) is 0 Å². The fraction of sp³-hybridized carbons (Fsp3) is 0.154. The topological polar surface area (TPSA) is 38.9 Å². The molecular weight excluding hydrogens is 222 g/mol. The highest BCUT2D eigenvalue weighted by atomic mass is 19.2. The Morgan fingerprint density at radius 1 is 1.06 bits per heavy atom. The van der Waals surface area contributed by atoms with Gasteiger partial charge in [0.05, 0.1) is 0 Å². The number of anilines is 1. The quantitative estimate of drug-likeness (QED) is 0.886. The SMILES string of the molecule is Nc1ccncc1CCc1cccc(F)c1F. The maximum atomic E-state index is 13.4. The van der Waals surface area contributed by atoms with Gasteiger partial charge in [-0.25, -0.2) is 8.78 Å². The third-order valence-electron chi connectivity index (χ3n) is 2.64. The second kappa shape index (κ2) is 4.91. The molecule has 0 fully saturated rings. The molecule has 0 aliphatic heterocycles. The molecule has 0 amide bonds. The first-order chi connectivity index (χ1) is 8.18. The normalized spacial score (nSPS) is 10.5. The Labute approximate surface area is 98.1 Å². The molecule has 0 aliphatic rings. The van der Waals surface area contributed by atoms with Crippen molar-refractivity contribution in [2.75, 3.05) is 5.73 Å². The van der Waals surface area contributed by atoms with E-state index in [-0.39, 0.29) is 0 Å². The largest absolute Gasteiger partial charge is 0.398 e. The van der Waals surface area contributed by atoms with Crippen molar-refractivity contribution in [3.8, 4) is 0 Å².